The molecule has 0 radical (unpaired) electrons. The summed E-state index contributed by atoms with van der Waals surface area (Å²) in [6.07, 6.45) is 1.68. The first-order chi connectivity index (χ1) is 10.7. The van der Waals surface area contributed by atoms with Crippen LogP contribution in [0.15, 0.2) is 36.4 Å². The molecule has 0 amide bonds. The molecule has 0 heterocycles. The highest BCUT2D eigenvalue weighted by Crippen LogP contribution is 2.22. The van der Waals surface area contributed by atoms with E-state index in [1.54, 1.807) is 0 Å². The Morgan fingerprint density at radius 3 is 2.27 bits per heavy atom. The van der Waals surface area contributed by atoms with E-state index in [1.165, 1.54) is 17.7 Å². The molecule has 0 spiro atoms. The molecule has 1 nitrogen and oxygen atoms in total. The topological polar surface area (TPSA) is 9.23 Å². The van der Waals surface area contributed by atoms with Crippen LogP contribution in [0, 0.1) is 23.5 Å². The Morgan fingerprint density at radius 1 is 0.909 bits per heavy atom. The maximum Gasteiger partial charge on any atom is 0.201 e. The number of rotatable bonds is 4. The first-order valence-electron chi connectivity index (χ1n) is 7.37. The van der Waals surface area contributed by atoms with Gasteiger partial charge in [0.1, 0.15) is 0 Å². The van der Waals surface area contributed by atoms with Crippen LogP contribution in [0.3, 0.4) is 0 Å². The Kier molecular flexibility index (Phi) is 5.55. The predicted molar refractivity (Wildman–Crippen MR) is 83.9 cm³/mol. The number of benzene rings is 2. The Morgan fingerprint density at radius 2 is 1.64 bits per heavy atom. The van der Waals surface area contributed by atoms with Gasteiger partial charge < -0.3 is 4.74 Å². The average molecular weight is 300 g/mol. The highest BCUT2D eigenvalue weighted by atomic mass is 19.2. The van der Waals surface area contributed by atoms with Crippen LogP contribution in [-0.2, 0) is 6.42 Å². The zero-order valence-corrected chi connectivity index (χ0v) is 12.7. The van der Waals surface area contributed by atoms with Gasteiger partial charge in [-0.25, -0.2) is 4.39 Å². The molecule has 114 valence electrons. The number of aryl methyl sites for hydroxylation is 1. The van der Waals surface area contributed by atoms with E-state index in [9.17, 15) is 8.78 Å². The minimum absolute atomic E-state index is 0.0286. The van der Waals surface area contributed by atoms with Crippen molar-refractivity contribution in [3.8, 4) is 17.6 Å². The second-order valence-corrected chi connectivity index (χ2v) is 4.89. The summed E-state index contributed by atoms with van der Waals surface area (Å²) in [7, 11) is 0. The van der Waals surface area contributed by atoms with Crippen molar-refractivity contribution < 1.29 is 13.5 Å². The molecule has 0 N–H and O–H groups in total. The zero-order chi connectivity index (χ0) is 15.9. The number of hydrogen-bond acceptors (Lipinski definition) is 1. The zero-order valence-electron chi connectivity index (χ0n) is 12.7. The minimum atomic E-state index is -0.985. The summed E-state index contributed by atoms with van der Waals surface area (Å²) < 4.78 is 32.9. The van der Waals surface area contributed by atoms with Gasteiger partial charge in [-0.15, -0.1) is 0 Å². The number of ether oxygens (including phenoxy) is 1. The predicted octanol–water partition coefficient (Wildman–Crippen LogP) is 4.72. The Hall–Kier alpha value is -2.34. The molecule has 0 aliphatic rings. The molecule has 0 saturated carbocycles. The van der Waals surface area contributed by atoms with Gasteiger partial charge in [0.25, 0.3) is 0 Å². The fourth-order valence-corrected chi connectivity index (χ4v) is 1.92. The molecule has 22 heavy (non-hydrogen) atoms. The summed E-state index contributed by atoms with van der Waals surface area (Å²) in [4.78, 5) is 0. The lowest BCUT2D eigenvalue weighted by Gasteiger charge is -2.06. The molecule has 0 saturated heterocycles. The van der Waals surface area contributed by atoms with Gasteiger partial charge in [0, 0.05) is 5.56 Å². The van der Waals surface area contributed by atoms with E-state index in [4.69, 9.17) is 4.74 Å². The van der Waals surface area contributed by atoms with Crippen LogP contribution in [-0.4, -0.2) is 6.61 Å². The molecule has 0 aliphatic carbocycles. The summed E-state index contributed by atoms with van der Waals surface area (Å²) >= 11 is 0. The summed E-state index contributed by atoms with van der Waals surface area (Å²) in [5.74, 6) is 3.49. The van der Waals surface area contributed by atoms with Crippen LogP contribution in [0.4, 0.5) is 8.78 Å². The van der Waals surface area contributed by atoms with Crippen molar-refractivity contribution in [2.24, 2.45) is 0 Å². The van der Waals surface area contributed by atoms with Gasteiger partial charge in [-0.05, 0) is 42.7 Å². The molecule has 0 aliphatic heterocycles. The normalized spacial score (nSPS) is 10.0. The molecule has 0 atom stereocenters. The standard InChI is InChI=1S/C19H18F2O/c1-3-13-22-17-12-11-16(18(20)19(17)21)10-9-15-7-5-14(4-2)6-8-15/h5-8,11-12H,3-4,13H2,1-2H3. The largest absolute Gasteiger partial charge is 0.490 e. The second kappa shape index (κ2) is 7.61. The van der Waals surface area contributed by atoms with E-state index in [0.717, 1.165) is 18.4 Å². The SMILES string of the molecule is CCCOc1ccc(C#Cc2ccc(CC)cc2)c(F)c1F. The van der Waals surface area contributed by atoms with Gasteiger partial charge in [0.05, 0.1) is 12.2 Å². The van der Waals surface area contributed by atoms with Crippen LogP contribution in [0.2, 0.25) is 0 Å². The number of halogens is 2. The van der Waals surface area contributed by atoms with Crippen molar-refractivity contribution in [3.63, 3.8) is 0 Å². The fraction of sp³-hybridized carbons (Fsp3) is 0.263. The first-order valence-corrected chi connectivity index (χ1v) is 7.37. The summed E-state index contributed by atoms with van der Waals surface area (Å²) in [5.41, 5.74) is 2.00. The summed E-state index contributed by atoms with van der Waals surface area (Å²) in [6, 6.07) is 10.6. The molecular formula is C19H18F2O. The lowest BCUT2D eigenvalue weighted by molar-refractivity contribution is 0.295. The van der Waals surface area contributed by atoms with Crippen LogP contribution in [0.1, 0.15) is 37.0 Å². The maximum absolute atomic E-state index is 14.0. The van der Waals surface area contributed by atoms with Crippen LogP contribution < -0.4 is 4.74 Å². The Balaban J connectivity index is 2.23. The van der Waals surface area contributed by atoms with Crippen molar-refractivity contribution in [3.05, 3.63) is 64.7 Å². The Bertz CT molecular complexity index is 694. The maximum atomic E-state index is 14.0. The average Bonchev–Trinajstić information content (AvgIpc) is 2.56. The molecule has 0 bridgehead atoms. The van der Waals surface area contributed by atoms with Gasteiger partial charge in [0.15, 0.2) is 11.6 Å². The summed E-state index contributed by atoms with van der Waals surface area (Å²) in [5, 5.41) is 0. The molecule has 0 unspecified atom stereocenters. The van der Waals surface area contributed by atoms with Crippen LogP contribution >= 0.6 is 0 Å². The minimum Gasteiger partial charge on any atom is -0.490 e. The Labute approximate surface area is 129 Å². The van der Waals surface area contributed by atoms with Crippen molar-refractivity contribution in [1.29, 1.82) is 0 Å². The van der Waals surface area contributed by atoms with E-state index in [1.807, 2.05) is 31.2 Å². The van der Waals surface area contributed by atoms with Gasteiger partial charge in [-0.3, -0.25) is 0 Å². The van der Waals surface area contributed by atoms with Gasteiger partial charge in [-0.2, -0.15) is 4.39 Å². The highest BCUT2D eigenvalue weighted by Gasteiger charge is 2.13. The van der Waals surface area contributed by atoms with E-state index in [2.05, 4.69) is 18.8 Å². The van der Waals surface area contributed by atoms with Gasteiger partial charge in [-0.1, -0.05) is 37.8 Å². The molecule has 3 heteroatoms. The third-order valence-electron chi connectivity index (χ3n) is 3.21. The molecule has 2 rings (SSSR count). The van der Waals surface area contributed by atoms with Crippen molar-refractivity contribution in [2.75, 3.05) is 6.61 Å². The second-order valence-electron chi connectivity index (χ2n) is 4.89. The van der Waals surface area contributed by atoms with Crippen molar-refractivity contribution in [1.82, 2.24) is 0 Å². The quantitative estimate of drug-likeness (QED) is 0.743. The fourth-order valence-electron chi connectivity index (χ4n) is 1.92. The molecule has 2 aromatic rings. The smallest absolute Gasteiger partial charge is 0.201 e. The highest BCUT2D eigenvalue weighted by molar-refractivity contribution is 5.46. The van der Waals surface area contributed by atoms with Crippen LogP contribution in [0.5, 0.6) is 5.75 Å². The lowest BCUT2D eigenvalue weighted by atomic mass is 10.1. The van der Waals surface area contributed by atoms with E-state index < -0.39 is 11.6 Å². The van der Waals surface area contributed by atoms with Crippen molar-refractivity contribution >= 4 is 0 Å². The molecule has 0 aromatic heterocycles. The molecular weight excluding hydrogens is 282 g/mol. The lowest BCUT2D eigenvalue weighted by Crippen LogP contribution is -2.00. The third-order valence-corrected chi connectivity index (χ3v) is 3.21. The molecule has 0 fully saturated rings. The third kappa shape index (κ3) is 3.85. The summed E-state index contributed by atoms with van der Waals surface area (Å²) in [6.45, 7) is 4.32. The van der Waals surface area contributed by atoms with Gasteiger partial charge >= 0.3 is 0 Å². The van der Waals surface area contributed by atoms with Crippen LogP contribution in [0.25, 0.3) is 0 Å². The monoisotopic (exact) mass is 300 g/mol. The van der Waals surface area contributed by atoms with Crippen molar-refractivity contribution in [2.45, 2.75) is 26.7 Å². The van der Waals surface area contributed by atoms with E-state index in [0.29, 0.717) is 6.61 Å². The first kappa shape index (κ1) is 16.0. The number of hydrogen-bond donors (Lipinski definition) is 0. The van der Waals surface area contributed by atoms with E-state index in [-0.39, 0.29) is 11.3 Å². The van der Waals surface area contributed by atoms with Gasteiger partial charge in [0.2, 0.25) is 5.82 Å². The van der Waals surface area contributed by atoms with E-state index >= 15 is 0 Å². The molecule has 2 aromatic carbocycles.